The molecule has 1 rings (SSSR count). The Morgan fingerprint density at radius 3 is 2.27 bits per heavy atom. The number of nitrogens with zero attached hydrogens (tertiary/aromatic N) is 1. The predicted molar refractivity (Wildman–Crippen MR) is 67.0 cm³/mol. The molecule has 2 heteroatoms. The zero-order valence-electron chi connectivity index (χ0n) is 10.5. The number of hydrogen-bond donors (Lipinski definition) is 1. The van der Waals surface area contributed by atoms with Gasteiger partial charge in [0.2, 0.25) is 0 Å². The third-order valence-electron chi connectivity index (χ3n) is 3.83. The van der Waals surface area contributed by atoms with E-state index < -0.39 is 0 Å². The van der Waals surface area contributed by atoms with Gasteiger partial charge >= 0.3 is 0 Å². The molecule has 1 saturated carbocycles. The lowest BCUT2D eigenvalue weighted by molar-refractivity contribution is 0.126. The van der Waals surface area contributed by atoms with E-state index in [0.717, 1.165) is 25.0 Å². The maximum absolute atomic E-state index is 5.63. The molecular formula is C13H28N2. The lowest BCUT2D eigenvalue weighted by Crippen LogP contribution is -2.42. The summed E-state index contributed by atoms with van der Waals surface area (Å²) in [7, 11) is 0. The van der Waals surface area contributed by atoms with Crippen LogP contribution in [0.4, 0.5) is 0 Å². The fourth-order valence-electron chi connectivity index (χ4n) is 2.93. The topological polar surface area (TPSA) is 29.3 Å². The van der Waals surface area contributed by atoms with Crippen LogP contribution in [0.1, 0.15) is 58.8 Å². The van der Waals surface area contributed by atoms with E-state index in [4.69, 9.17) is 5.73 Å². The SMILES string of the molecule is CCC(CC)N(CCCN)C1CCCC1. The third-order valence-corrected chi connectivity index (χ3v) is 3.83. The van der Waals surface area contributed by atoms with Gasteiger partial charge in [-0.05, 0) is 45.2 Å². The lowest BCUT2D eigenvalue weighted by atomic mass is 10.1. The number of rotatable bonds is 7. The van der Waals surface area contributed by atoms with Gasteiger partial charge in [0, 0.05) is 12.1 Å². The van der Waals surface area contributed by atoms with Crippen LogP contribution in [0, 0.1) is 0 Å². The van der Waals surface area contributed by atoms with Crippen molar-refractivity contribution in [3.8, 4) is 0 Å². The molecule has 2 N–H and O–H groups in total. The molecule has 1 aliphatic carbocycles. The molecule has 1 fully saturated rings. The van der Waals surface area contributed by atoms with Crippen molar-refractivity contribution < 1.29 is 0 Å². The van der Waals surface area contributed by atoms with Gasteiger partial charge in [0.05, 0.1) is 0 Å². The van der Waals surface area contributed by atoms with Crippen molar-refractivity contribution in [2.24, 2.45) is 5.73 Å². The summed E-state index contributed by atoms with van der Waals surface area (Å²) < 4.78 is 0. The van der Waals surface area contributed by atoms with Crippen molar-refractivity contribution in [3.63, 3.8) is 0 Å². The van der Waals surface area contributed by atoms with E-state index in [1.165, 1.54) is 45.1 Å². The molecule has 0 aromatic carbocycles. The molecule has 0 aromatic rings. The maximum Gasteiger partial charge on any atom is 0.00981 e. The van der Waals surface area contributed by atoms with E-state index in [1.807, 2.05) is 0 Å². The van der Waals surface area contributed by atoms with Crippen LogP contribution in [-0.4, -0.2) is 30.1 Å². The minimum Gasteiger partial charge on any atom is -0.330 e. The molecule has 15 heavy (non-hydrogen) atoms. The Bertz CT molecular complexity index is 147. The smallest absolute Gasteiger partial charge is 0.00981 e. The first-order valence-corrected chi connectivity index (χ1v) is 6.79. The lowest BCUT2D eigenvalue weighted by Gasteiger charge is -2.35. The van der Waals surface area contributed by atoms with Gasteiger partial charge < -0.3 is 5.73 Å². The number of nitrogens with two attached hydrogens (primary N) is 1. The minimum absolute atomic E-state index is 0.791. The van der Waals surface area contributed by atoms with Crippen molar-refractivity contribution in [1.82, 2.24) is 4.90 Å². The fraction of sp³-hybridized carbons (Fsp3) is 1.00. The molecular weight excluding hydrogens is 184 g/mol. The Morgan fingerprint density at radius 1 is 1.20 bits per heavy atom. The first kappa shape index (κ1) is 13.0. The second-order valence-corrected chi connectivity index (χ2v) is 4.79. The molecule has 0 unspecified atom stereocenters. The molecule has 0 atom stereocenters. The van der Waals surface area contributed by atoms with E-state index in [1.54, 1.807) is 0 Å². The summed E-state index contributed by atoms with van der Waals surface area (Å²) in [6, 6.07) is 1.65. The normalized spacial score (nSPS) is 18.2. The van der Waals surface area contributed by atoms with Crippen LogP contribution in [0.3, 0.4) is 0 Å². The predicted octanol–water partition coefficient (Wildman–Crippen LogP) is 2.77. The van der Waals surface area contributed by atoms with Crippen molar-refractivity contribution in [2.45, 2.75) is 70.9 Å². The highest BCUT2D eigenvalue weighted by atomic mass is 15.2. The highest BCUT2D eigenvalue weighted by molar-refractivity contribution is 4.82. The largest absolute Gasteiger partial charge is 0.330 e. The molecule has 0 spiro atoms. The van der Waals surface area contributed by atoms with E-state index >= 15 is 0 Å². The third kappa shape index (κ3) is 3.76. The standard InChI is InChI=1S/C13H28N2/c1-3-12(4-2)15(11-7-10-14)13-8-5-6-9-13/h12-13H,3-11,14H2,1-2H3. The summed E-state index contributed by atoms with van der Waals surface area (Å²) in [4.78, 5) is 2.75. The summed E-state index contributed by atoms with van der Waals surface area (Å²) in [5.74, 6) is 0. The van der Waals surface area contributed by atoms with Gasteiger partial charge in [-0.2, -0.15) is 0 Å². The Balaban J connectivity index is 2.49. The quantitative estimate of drug-likeness (QED) is 0.703. The van der Waals surface area contributed by atoms with Crippen molar-refractivity contribution in [3.05, 3.63) is 0 Å². The van der Waals surface area contributed by atoms with Crippen molar-refractivity contribution in [2.75, 3.05) is 13.1 Å². The van der Waals surface area contributed by atoms with Crippen LogP contribution < -0.4 is 5.73 Å². The van der Waals surface area contributed by atoms with Gasteiger partial charge in [-0.3, -0.25) is 4.90 Å². The van der Waals surface area contributed by atoms with Crippen LogP contribution >= 0.6 is 0 Å². The van der Waals surface area contributed by atoms with E-state index in [0.29, 0.717) is 0 Å². The Morgan fingerprint density at radius 2 is 1.80 bits per heavy atom. The van der Waals surface area contributed by atoms with Gasteiger partial charge in [-0.15, -0.1) is 0 Å². The molecule has 0 heterocycles. The average Bonchev–Trinajstić information content (AvgIpc) is 2.77. The van der Waals surface area contributed by atoms with E-state index in [9.17, 15) is 0 Å². The second-order valence-electron chi connectivity index (χ2n) is 4.79. The highest BCUT2D eigenvalue weighted by Crippen LogP contribution is 2.26. The van der Waals surface area contributed by atoms with Crippen LogP contribution in [0.5, 0.6) is 0 Å². The van der Waals surface area contributed by atoms with Crippen LogP contribution in [0.25, 0.3) is 0 Å². The molecule has 90 valence electrons. The van der Waals surface area contributed by atoms with Crippen LogP contribution in [0.15, 0.2) is 0 Å². The molecule has 0 radical (unpaired) electrons. The van der Waals surface area contributed by atoms with Gasteiger partial charge in [-0.25, -0.2) is 0 Å². The van der Waals surface area contributed by atoms with E-state index in [2.05, 4.69) is 18.7 Å². The summed E-state index contributed by atoms with van der Waals surface area (Å²) in [5.41, 5.74) is 5.63. The Labute approximate surface area is 95.2 Å². The van der Waals surface area contributed by atoms with Gasteiger partial charge in [0.1, 0.15) is 0 Å². The zero-order valence-corrected chi connectivity index (χ0v) is 10.5. The molecule has 0 saturated heterocycles. The van der Waals surface area contributed by atoms with Crippen molar-refractivity contribution >= 4 is 0 Å². The molecule has 0 amide bonds. The van der Waals surface area contributed by atoms with Gasteiger partial charge in [0.25, 0.3) is 0 Å². The molecule has 0 aliphatic heterocycles. The monoisotopic (exact) mass is 212 g/mol. The molecule has 0 bridgehead atoms. The first-order chi connectivity index (χ1) is 7.33. The highest BCUT2D eigenvalue weighted by Gasteiger charge is 2.26. The molecule has 2 nitrogen and oxygen atoms in total. The average molecular weight is 212 g/mol. The second kappa shape index (κ2) is 7.24. The van der Waals surface area contributed by atoms with Gasteiger partial charge in [0.15, 0.2) is 0 Å². The number of hydrogen-bond acceptors (Lipinski definition) is 2. The molecule has 0 aromatic heterocycles. The minimum atomic E-state index is 0.791. The summed E-state index contributed by atoms with van der Waals surface area (Å²) >= 11 is 0. The fourth-order valence-corrected chi connectivity index (χ4v) is 2.93. The summed E-state index contributed by atoms with van der Waals surface area (Å²) in [6.45, 7) is 6.69. The van der Waals surface area contributed by atoms with Crippen molar-refractivity contribution in [1.29, 1.82) is 0 Å². The van der Waals surface area contributed by atoms with Crippen LogP contribution in [-0.2, 0) is 0 Å². The Kier molecular flexibility index (Phi) is 6.26. The van der Waals surface area contributed by atoms with E-state index in [-0.39, 0.29) is 0 Å². The maximum atomic E-state index is 5.63. The summed E-state index contributed by atoms with van der Waals surface area (Å²) in [5, 5.41) is 0. The summed E-state index contributed by atoms with van der Waals surface area (Å²) in [6.07, 6.45) is 9.44. The zero-order chi connectivity index (χ0) is 11.1. The molecule has 1 aliphatic rings. The first-order valence-electron chi connectivity index (χ1n) is 6.79. The van der Waals surface area contributed by atoms with Crippen LogP contribution in [0.2, 0.25) is 0 Å². The Hall–Kier alpha value is -0.0800. The van der Waals surface area contributed by atoms with Gasteiger partial charge in [-0.1, -0.05) is 26.7 Å².